The number of hydrogen-bond donors (Lipinski definition) is 11. The Morgan fingerprint density at radius 1 is 0.806 bits per heavy atom. The van der Waals surface area contributed by atoms with E-state index in [1.54, 1.807) is 19.1 Å². The Balaban J connectivity index is 1.62. The first-order valence-corrected chi connectivity index (χ1v) is 26.0. The molecule has 4 rings (SSSR count). The molecule has 0 bridgehead atoms. The van der Waals surface area contributed by atoms with E-state index >= 15 is 0 Å². The summed E-state index contributed by atoms with van der Waals surface area (Å²) in [5.74, 6) is -6.38. The van der Waals surface area contributed by atoms with Crippen LogP contribution in [0.5, 0.6) is 5.75 Å². The van der Waals surface area contributed by atoms with E-state index < -0.39 is 127 Å². The zero-order valence-electron chi connectivity index (χ0n) is 42.7. The molecule has 21 heteroatoms. The van der Waals surface area contributed by atoms with Crippen molar-refractivity contribution in [1.29, 1.82) is 0 Å². The Labute approximate surface area is 423 Å². The van der Waals surface area contributed by atoms with Gasteiger partial charge in [0.15, 0.2) is 0 Å². The monoisotopic (exact) mass is 1010 g/mol. The molecular weight excluding hydrogens is 933 g/mol. The number of nitrogens with one attached hydrogen (secondary N) is 5. The normalized spacial score (nSPS) is 27.8. The van der Waals surface area contributed by atoms with Crippen LogP contribution in [0, 0.1) is 17.8 Å². The Morgan fingerprint density at radius 3 is 2.10 bits per heavy atom. The number of carbonyl (C=O) groups excluding carboxylic acids is 8. The molecule has 3 fully saturated rings. The van der Waals surface area contributed by atoms with Crippen LogP contribution in [-0.2, 0) is 44.8 Å². The molecule has 1 aromatic carbocycles. The number of carbonyl (C=O) groups is 8. The van der Waals surface area contributed by atoms with Crippen molar-refractivity contribution in [3.63, 3.8) is 0 Å². The molecule has 72 heavy (non-hydrogen) atoms. The number of hydrogen-bond acceptors (Lipinski definition) is 13. The lowest BCUT2D eigenvalue weighted by Crippen LogP contribution is -2.62. The number of phenols is 1. The van der Waals surface area contributed by atoms with Gasteiger partial charge in [0.1, 0.15) is 42.0 Å². The van der Waals surface area contributed by atoms with Crippen LogP contribution in [-0.4, -0.2) is 163 Å². The van der Waals surface area contributed by atoms with Crippen LogP contribution in [0.4, 0.5) is 0 Å². The second-order valence-corrected chi connectivity index (χ2v) is 20.6. The van der Waals surface area contributed by atoms with Crippen LogP contribution < -0.4 is 32.3 Å². The molecule has 3 saturated heterocycles. The van der Waals surface area contributed by atoms with Gasteiger partial charge < -0.3 is 67.7 Å². The van der Waals surface area contributed by atoms with Crippen molar-refractivity contribution in [1.82, 2.24) is 36.4 Å². The van der Waals surface area contributed by atoms with Gasteiger partial charge in [0, 0.05) is 38.4 Å². The van der Waals surface area contributed by atoms with Gasteiger partial charge in [0.25, 0.3) is 0 Å². The summed E-state index contributed by atoms with van der Waals surface area (Å²) >= 11 is 0. The number of aliphatic hydroxyl groups excluding tert-OH is 4. The second kappa shape index (κ2) is 28.8. The molecule has 8 amide bonds. The van der Waals surface area contributed by atoms with Crippen LogP contribution in [0.1, 0.15) is 136 Å². The predicted molar refractivity (Wildman–Crippen MR) is 265 cm³/mol. The van der Waals surface area contributed by atoms with Crippen LogP contribution in [0.25, 0.3) is 0 Å². The average molecular weight is 1020 g/mol. The largest absolute Gasteiger partial charge is 0.508 e. The number of benzene rings is 1. The number of fused-ring (bicyclic) bond motifs is 2. The minimum atomic E-state index is -1.94. The molecule has 0 aliphatic carbocycles. The van der Waals surface area contributed by atoms with Gasteiger partial charge in [-0.25, -0.2) is 0 Å². The van der Waals surface area contributed by atoms with Gasteiger partial charge in [-0.3, -0.25) is 38.4 Å². The maximum absolute atomic E-state index is 14.5. The summed E-state index contributed by atoms with van der Waals surface area (Å²) < 4.78 is 0. The highest BCUT2D eigenvalue weighted by Crippen LogP contribution is 2.27. The minimum Gasteiger partial charge on any atom is -0.508 e. The fraction of sp³-hybridized carbons (Fsp3) is 0.725. The lowest BCUT2D eigenvalue weighted by atomic mass is 9.91. The average Bonchev–Trinajstić information content (AvgIpc) is 3.87. The van der Waals surface area contributed by atoms with Gasteiger partial charge >= 0.3 is 0 Å². The molecule has 0 radical (unpaired) electrons. The van der Waals surface area contributed by atoms with E-state index in [0.29, 0.717) is 17.9 Å². The zero-order chi connectivity index (χ0) is 53.2. The number of aromatic hydroxyl groups is 1. The molecule has 13 unspecified atom stereocenters. The first-order chi connectivity index (χ1) is 34.1. The van der Waals surface area contributed by atoms with Gasteiger partial charge in [-0.1, -0.05) is 84.8 Å². The highest BCUT2D eigenvalue weighted by Gasteiger charge is 2.49. The third kappa shape index (κ3) is 17.7. The topological polar surface area (TPSA) is 330 Å². The van der Waals surface area contributed by atoms with Crippen molar-refractivity contribution in [2.24, 2.45) is 23.5 Å². The molecule has 3 aliphatic rings. The fourth-order valence-electron chi connectivity index (χ4n) is 9.88. The number of unbranched alkanes of at least 4 members (excludes halogenated alkanes) is 5. The lowest BCUT2D eigenvalue weighted by Gasteiger charge is -2.33. The van der Waals surface area contributed by atoms with Gasteiger partial charge in [-0.2, -0.15) is 0 Å². The SMILES string of the molecule is CCC(C)CC(C)CCCCCCCCC(=O)NC1CCCNC(=O)C2C(O)C(C)CN2C(=O)C(C(O)CC(N)=O)NC(=O)C(CCc2ccc(O)cc2)NC(=O)C2CC(O)CN2C(=O)C(C(C)O)NC1=O. The molecular formula is C51H82N8O13. The van der Waals surface area contributed by atoms with Crippen LogP contribution in [0.3, 0.4) is 0 Å². The van der Waals surface area contributed by atoms with Crippen LogP contribution in [0.2, 0.25) is 0 Å². The fourth-order valence-corrected chi connectivity index (χ4v) is 9.88. The van der Waals surface area contributed by atoms with Crippen molar-refractivity contribution in [3.8, 4) is 5.75 Å². The van der Waals surface area contributed by atoms with Crippen molar-refractivity contribution in [2.75, 3.05) is 19.6 Å². The molecule has 404 valence electrons. The number of amides is 8. The molecule has 1 aromatic rings. The number of rotatable bonds is 20. The second-order valence-electron chi connectivity index (χ2n) is 20.6. The van der Waals surface area contributed by atoms with Crippen LogP contribution >= 0.6 is 0 Å². The molecule has 3 heterocycles. The summed E-state index contributed by atoms with van der Waals surface area (Å²) in [4.78, 5) is 113. The molecule has 21 nitrogen and oxygen atoms in total. The summed E-state index contributed by atoms with van der Waals surface area (Å²) in [5, 5.41) is 67.1. The summed E-state index contributed by atoms with van der Waals surface area (Å²) in [5.41, 5.74) is 6.02. The lowest BCUT2D eigenvalue weighted by molar-refractivity contribution is -0.147. The van der Waals surface area contributed by atoms with Crippen molar-refractivity contribution in [2.45, 2.75) is 198 Å². The summed E-state index contributed by atoms with van der Waals surface area (Å²) in [6, 6.07) is -3.41. The van der Waals surface area contributed by atoms with E-state index in [0.717, 1.165) is 47.8 Å². The van der Waals surface area contributed by atoms with E-state index in [1.165, 1.54) is 38.3 Å². The van der Waals surface area contributed by atoms with Crippen molar-refractivity contribution in [3.05, 3.63) is 29.8 Å². The van der Waals surface area contributed by atoms with Crippen LogP contribution in [0.15, 0.2) is 24.3 Å². The standard InChI is InChI=1S/C51H82N8O13/c1-6-29(2)24-30(3)14-11-9-7-8-10-12-16-41(65)54-36-15-13-23-53-49(70)44-45(66)31(4)27-59(44)51(72)43(39(63)26-40(52)64)57-47(68)37(22-19-33-17-20-34(61)21-18-33)55-48(69)38-25-35(62)28-58(38)50(71)42(32(5)60)56-46(36)67/h17-18,20-21,29-32,35-39,42-45,60-63,66H,6-16,19,22-28H2,1-5H3,(H2,52,64)(H,53,70)(H,54,65)(H,55,69)(H,56,67)(H,57,68). The number of phenolic OH excluding ortho intramolecular Hbond substituents is 1. The number of nitrogens with zero attached hydrogens (tertiary/aromatic N) is 2. The maximum atomic E-state index is 14.5. The molecule has 3 aliphatic heterocycles. The molecule has 12 N–H and O–H groups in total. The molecule has 0 spiro atoms. The van der Waals surface area contributed by atoms with E-state index in [-0.39, 0.29) is 57.4 Å². The smallest absolute Gasteiger partial charge is 0.248 e. The van der Waals surface area contributed by atoms with Gasteiger partial charge in [-0.05, 0) is 75.0 Å². The summed E-state index contributed by atoms with van der Waals surface area (Å²) in [6.07, 6.45) is 1.94. The highest BCUT2D eigenvalue weighted by molar-refractivity contribution is 5.98. The maximum Gasteiger partial charge on any atom is 0.248 e. The Hall–Kier alpha value is -5.38. The Kier molecular flexibility index (Phi) is 23.6. The number of nitrogens with two attached hydrogens (primary N) is 1. The first-order valence-electron chi connectivity index (χ1n) is 26.0. The first kappa shape index (κ1) is 59.2. The highest BCUT2D eigenvalue weighted by atomic mass is 16.3. The van der Waals surface area contributed by atoms with Gasteiger partial charge in [0.2, 0.25) is 47.3 Å². The summed E-state index contributed by atoms with van der Waals surface area (Å²) in [6.45, 7) is 8.90. The van der Waals surface area contributed by atoms with Gasteiger partial charge in [-0.15, -0.1) is 0 Å². The number of aliphatic hydroxyl groups is 4. The van der Waals surface area contributed by atoms with E-state index in [9.17, 15) is 63.9 Å². The Bertz CT molecular complexity index is 1990. The van der Waals surface area contributed by atoms with E-state index in [1.807, 2.05) is 0 Å². The predicted octanol–water partition coefficient (Wildman–Crippen LogP) is 0.154. The molecule has 0 saturated carbocycles. The molecule has 0 aromatic heterocycles. The van der Waals surface area contributed by atoms with E-state index in [4.69, 9.17) is 5.73 Å². The number of primary amides is 1. The minimum absolute atomic E-state index is 0.0305. The van der Waals surface area contributed by atoms with Crippen molar-refractivity contribution < 1.29 is 63.9 Å². The number of aryl methyl sites for hydroxylation is 1. The molecule has 13 atom stereocenters. The van der Waals surface area contributed by atoms with Crippen molar-refractivity contribution >= 4 is 47.3 Å². The third-order valence-electron chi connectivity index (χ3n) is 14.3. The Morgan fingerprint density at radius 2 is 1.44 bits per heavy atom. The zero-order valence-corrected chi connectivity index (χ0v) is 42.7. The third-order valence-corrected chi connectivity index (χ3v) is 14.3. The van der Waals surface area contributed by atoms with Gasteiger partial charge in [0.05, 0.1) is 30.8 Å². The quantitative estimate of drug-likeness (QED) is 0.0777. The summed E-state index contributed by atoms with van der Waals surface area (Å²) in [7, 11) is 0. The van der Waals surface area contributed by atoms with E-state index in [2.05, 4.69) is 47.4 Å².